The molecule has 0 spiro atoms. The molecule has 2 rings (SSSR count). The van der Waals surface area contributed by atoms with Crippen molar-refractivity contribution in [2.45, 2.75) is 44.8 Å². The number of hydrogen-bond acceptors (Lipinski definition) is 6. The highest BCUT2D eigenvalue weighted by atomic mass is 32.2. The fourth-order valence-corrected chi connectivity index (χ4v) is 4.00. The topological polar surface area (TPSA) is 166 Å². The van der Waals surface area contributed by atoms with Crippen molar-refractivity contribution in [3.8, 4) is 0 Å². The maximum Gasteiger partial charge on any atom is 0.326 e. The summed E-state index contributed by atoms with van der Waals surface area (Å²) in [5.41, 5.74) is 7.16. The maximum atomic E-state index is 13.2. The molecule has 0 saturated carbocycles. The van der Waals surface area contributed by atoms with Crippen LogP contribution in [0.5, 0.6) is 0 Å². The van der Waals surface area contributed by atoms with Crippen molar-refractivity contribution in [3.63, 3.8) is 0 Å². The highest BCUT2D eigenvalue weighted by Crippen LogP contribution is 2.19. The highest BCUT2D eigenvalue weighted by molar-refractivity contribution is 7.98. The molecule has 3 atom stereocenters. The van der Waals surface area contributed by atoms with Gasteiger partial charge in [0.25, 0.3) is 0 Å². The summed E-state index contributed by atoms with van der Waals surface area (Å²) in [6.45, 7) is 3.09. The van der Waals surface area contributed by atoms with Gasteiger partial charge in [-0.25, -0.2) is 4.79 Å². The number of carbonyl (C=O) groups is 4. The normalized spacial score (nSPS) is 13.8. The molecule has 0 bridgehead atoms. The number of carbonyl (C=O) groups excluding carboxylic acids is 3. The second kappa shape index (κ2) is 13.0. The Kier molecular flexibility index (Phi) is 10.4. The summed E-state index contributed by atoms with van der Waals surface area (Å²) < 4.78 is 0. The molecule has 1 heterocycles. The molecule has 186 valence electrons. The summed E-state index contributed by atoms with van der Waals surface area (Å²) in [4.78, 5) is 52.8. The summed E-state index contributed by atoms with van der Waals surface area (Å²) in [7, 11) is 0. The summed E-state index contributed by atoms with van der Waals surface area (Å²) in [6.07, 6.45) is 4.12. The van der Waals surface area contributed by atoms with Crippen LogP contribution in [0.4, 0.5) is 0 Å². The molecular weight excluding hydrogens is 458 g/mol. The molecule has 0 aliphatic rings. The van der Waals surface area contributed by atoms with E-state index in [-0.39, 0.29) is 18.9 Å². The minimum Gasteiger partial charge on any atom is -0.480 e. The van der Waals surface area contributed by atoms with Crippen molar-refractivity contribution in [1.29, 1.82) is 0 Å². The number of rotatable bonds is 13. The van der Waals surface area contributed by atoms with Crippen LogP contribution in [0.25, 0.3) is 10.9 Å². The molecule has 0 radical (unpaired) electrons. The van der Waals surface area contributed by atoms with E-state index in [2.05, 4.69) is 20.9 Å². The van der Waals surface area contributed by atoms with Crippen LogP contribution in [-0.2, 0) is 25.6 Å². The van der Waals surface area contributed by atoms with Crippen LogP contribution in [-0.4, -0.2) is 70.5 Å². The number of nitrogens with one attached hydrogen (secondary N) is 4. The van der Waals surface area contributed by atoms with E-state index >= 15 is 0 Å². The predicted octanol–water partition coefficient (Wildman–Crippen LogP) is 0.617. The van der Waals surface area contributed by atoms with Gasteiger partial charge in [0.1, 0.15) is 18.1 Å². The van der Waals surface area contributed by atoms with Gasteiger partial charge < -0.3 is 31.8 Å². The molecule has 0 aliphatic carbocycles. The number of hydrogen-bond donors (Lipinski definition) is 6. The van der Waals surface area contributed by atoms with Gasteiger partial charge in [0, 0.05) is 23.5 Å². The molecule has 10 nitrogen and oxygen atoms in total. The molecule has 3 amide bonds. The lowest BCUT2D eigenvalue weighted by atomic mass is 10.0. The average Bonchev–Trinajstić information content (AvgIpc) is 3.21. The number of aromatic nitrogens is 1. The van der Waals surface area contributed by atoms with Crippen LogP contribution in [0.15, 0.2) is 30.5 Å². The minimum absolute atomic E-state index is 0.183. The molecular formula is C23H33N5O5S. The largest absolute Gasteiger partial charge is 0.480 e. The summed E-state index contributed by atoms with van der Waals surface area (Å²) in [5.74, 6) is -2.55. The fraction of sp³-hybridized carbons (Fsp3) is 0.478. The number of amides is 3. The zero-order valence-electron chi connectivity index (χ0n) is 19.6. The molecule has 0 saturated heterocycles. The first-order chi connectivity index (χ1) is 16.2. The number of nitrogens with two attached hydrogens (primary N) is 1. The van der Waals surface area contributed by atoms with Gasteiger partial charge in [-0.05, 0) is 36.0 Å². The van der Waals surface area contributed by atoms with E-state index in [1.165, 1.54) is 11.8 Å². The summed E-state index contributed by atoms with van der Waals surface area (Å²) in [6, 6.07) is 4.57. The van der Waals surface area contributed by atoms with E-state index in [0.717, 1.165) is 16.5 Å². The third kappa shape index (κ3) is 7.49. The standard InChI is InChI=1S/C23H33N5O5S/c1-13(2)20(23(32)33)28-21(30)17(8-9-34-3)27-22(31)18(26-19(29)11-24)10-14-12-25-16-7-5-4-6-15(14)16/h4-7,12-13,17-18,20,25H,8-11,24H2,1-3H3,(H,26,29)(H,27,31)(H,28,30)(H,32,33). The molecule has 2 aromatic rings. The third-order valence-electron chi connectivity index (χ3n) is 5.41. The van der Waals surface area contributed by atoms with E-state index in [1.54, 1.807) is 20.0 Å². The lowest BCUT2D eigenvalue weighted by Gasteiger charge is -2.25. The van der Waals surface area contributed by atoms with Gasteiger partial charge in [-0.15, -0.1) is 0 Å². The molecule has 1 aromatic carbocycles. The second-order valence-corrected chi connectivity index (χ2v) is 9.28. The maximum absolute atomic E-state index is 13.2. The van der Waals surface area contributed by atoms with Gasteiger partial charge in [0.2, 0.25) is 17.7 Å². The van der Waals surface area contributed by atoms with Crippen LogP contribution in [0, 0.1) is 5.92 Å². The fourth-order valence-electron chi connectivity index (χ4n) is 3.53. The number of thioether (sulfide) groups is 1. The number of benzene rings is 1. The van der Waals surface area contributed by atoms with Crippen LogP contribution >= 0.6 is 11.8 Å². The first-order valence-electron chi connectivity index (χ1n) is 11.0. The number of carboxylic acids is 1. The Bertz CT molecular complexity index is 1010. The Labute approximate surface area is 202 Å². The minimum atomic E-state index is -1.15. The number of carboxylic acid groups (broad SMARTS) is 1. The van der Waals surface area contributed by atoms with Crippen molar-refractivity contribution < 1.29 is 24.3 Å². The van der Waals surface area contributed by atoms with Crippen molar-refractivity contribution in [1.82, 2.24) is 20.9 Å². The quantitative estimate of drug-likeness (QED) is 0.239. The Morgan fingerprint density at radius 1 is 1.06 bits per heavy atom. The van der Waals surface area contributed by atoms with E-state index in [1.807, 2.05) is 30.5 Å². The predicted molar refractivity (Wildman–Crippen MR) is 132 cm³/mol. The van der Waals surface area contributed by atoms with Crippen LogP contribution in [0.2, 0.25) is 0 Å². The summed E-state index contributed by atoms with van der Waals surface area (Å²) >= 11 is 1.50. The number of H-pyrrole nitrogens is 1. The molecule has 34 heavy (non-hydrogen) atoms. The van der Waals surface area contributed by atoms with Crippen molar-refractivity contribution >= 4 is 46.4 Å². The van der Waals surface area contributed by atoms with E-state index < -0.39 is 41.8 Å². The van der Waals surface area contributed by atoms with Gasteiger partial charge in [-0.3, -0.25) is 14.4 Å². The zero-order chi connectivity index (χ0) is 25.3. The van der Waals surface area contributed by atoms with Gasteiger partial charge in [-0.1, -0.05) is 32.0 Å². The Morgan fingerprint density at radius 3 is 2.35 bits per heavy atom. The van der Waals surface area contributed by atoms with Crippen LogP contribution in [0.1, 0.15) is 25.8 Å². The molecule has 7 N–H and O–H groups in total. The number of aromatic amines is 1. The molecule has 0 aliphatic heterocycles. The summed E-state index contributed by atoms with van der Waals surface area (Å²) in [5, 5.41) is 18.2. The molecule has 1 aromatic heterocycles. The lowest BCUT2D eigenvalue weighted by molar-refractivity contribution is -0.143. The third-order valence-corrected chi connectivity index (χ3v) is 6.05. The SMILES string of the molecule is CSCCC(NC(=O)C(Cc1c[nH]c2ccccc12)NC(=O)CN)C(=O)NC(C(=O)O)C(C)C. The molecule has 3 unspecified atom stereocenters. The Hall–Kier alpha value is -3.05. The van der Waals surface area contributed by atoms with Crippen molar-refractivity contribution in [3.05, 3.63) is 36.0 Å². The Balaban J connectivity index is 2.23. The van der Waals surface area contributed by atoms with Gasteiger partial charge in [0.15, 0.2) is 0 Å². The highest BCUT2D eigenvalue weighted by Gasteiger charge is 2.30. The number of para-hydroxylation sites is 1. The van der Waals surface area contributed by atoms with Gasteiger partial charge in [-0.2, -0.15) is 11.8 Å². The van der Waals surface area contributed by atoms with E-state index in [0.29, 0.717) is 12.2 Å². The first kappa shape index (κ1) is 27.2. The molecule has 0 fully saturated rings. The molecule has 11 heteroatoms. The van der Waals surface area contributed by atoms with Crippen molar-refractivity contribution in [2.24, 2.45) is 11.7 Å². The smallest absolute Gasteiger partial charge is 0.326 e. The average molecular weight is 492 g/mol. The van der Waals surface area contributed by atoms with Crippen LogP contribution < -0.4 is 21.7 Å². The first-order valence-corrected chi connectivity index (χ1v) is 12.4. The second-order valence-electron chi connectivity index (χ2n) is 8.30. The zero-order valence-corrected chi connectivity index (χ0v) is 20.4. The Morgan fingerprint density at radius 2 is 1.74 bits per heavy atom. The van der Waals surface area contributed by atoms with Crippen molar-refractivity contribution in [2.75, 3.05) is 18.6 Å². The van der Waals surface area contributed by atoms with Gasteiger partial charge in [0.05, 0.1) is 6.54 Å². The number of aliphatic carboxylic acids is 1. The van der Waals surface area contributed by atoms with E-state index in [9.17, 15) is 24.3 Å². The lowest BCUT2D eigenvalue weighted by Crippen LogP contribution is -2.57. The van der Waals surface area contributed by atoms with Gasteiger partial charge >= 0.3 is 5.97 Å². The number of fused-ring (bicyclic) bond motifs is 1. The monoisotopic (exact) mass is 491 g/mol. The van der Waals surface area contributed by atoms with Crippen LogP contribution in [0.3, 0.4) is 0 Å². The van der Waals surface area contributed by atoms with E-state index in [4.69, 9.17) is 5.73 Å².